The molecule has 5 rings (SSSR count). The van der Waals surface area contributed by atoms with Gasteiger partial charge in [0, 0.05) is 50.9 Å². The number of amides is 2. The van der Waals surface area contributed by atoms with E-state index in [0.29, 0.717) is 48.8 Å². The molecule has 174 valence electrons. The lowest BCUT2D eigenvalue weighted by atomic mass is 10.1. The summed E-state index contributed by atoms with van der Waals surface area (Å²) in [5.74, 6) is 1.94. The molecule has 0 spiro atoms. The van der Waals surface area contributed by atoms with Crippen molar-refractivity contribution in [1.82, 2.24) is 29.5 Å². The number of hydrogen-bond donors (Lipinski definition) is 1. The van der Waals surface area contributed by atoms with Crippen molar-refractivity contribution in [2.45, 2.75) is 46.1 Å². The first-order valence-corrected chi connectivity index (χ1v) is 11.6. The summed E-state index contributed by atoms with van der Waals surface area (Å²) in [5.41, 5.74) is 3.00. The second-order valence-corrected chi connectivity index (χ2v) is 8.91. The molecule has 2 amide bonds. The molecule has 5 heterocycles. The Bertz CT molecular complexity index is 1190. The van der Waals surface area contributed by atoms with Gasteiger partial charge in [-0.1, -0.05) is 11.6 Å². The minimum Gasteiger partial charge on any atom is -0.360 e. The molecule has 0 radical (unpaired) electrons. The molecule has 1 N–H and O–H groups in total. The standard InChI is InChI=1S/C23H29N7O3/c1-15-12-17(21-22(24-15)30-7-5-3-4-6-19(30)26-21)23(32)29-10-8-28(9-11-29)14-20(31)25-18-13-16(2)33-27-18/h12-13H,3-11,14H2,1-2H3,(H,25,27,31). The van der Waals surface area contributed by atoms with Gasteiger partial charge < -0.3 is 19.3 Å². The first-order chi connectivity index (χ1) is 16.0. The van der Waals surface area contributed by atoms with Gasteiger partial charge in [-0.25, -0.2) is 9.97 Å². The zero-order chi connectivity index (χ0) is 22.9. The number of carbonyl (C=O) groups is 2. The van der Waals surface area contributed by atoms with Gasteiger partial charge in [-0.05, 0) is 32.8 Å². The number of aryl methyl sites for hydroxylation is 4. The summed E-state index contributed by atoms with van der Waals surface area (Å²) in [6, 6.07) is 3.54. The first kappa shape index (κ1) is 21.6. The van der Waals surface area contributed by atoms with E-state index in [1.807, 2.05) is 22.8 Å². The molecule has 3 aromatic heterocycles. The molecule has 0 aliphatic carbocycles. The number of nitrogens with zero attached hydrogens (tertiary/aromatic N) is 6. The van der Waals surface area contributed by atoms with Gasteiger partial charge in [0.15, 0.2) is 11.5 Å². The zero-order valence-corrected chi connectivity index (χ0v) is 19.1. The monoisotopic (exact) mass is 451 g/mol. The van der Waals surface area contributed by atoms with Crippen molar-refractivity contribution < 1.29 is 14.1 Å². The summed E-state index contributed by atoms with van der Waals surface area (Å²) in [6.07, 6.45) is 4.36. The third kappa shape index (κ3) is 4.47. The lowest BCUT2D eigenvalue weighted by Crippen LogP contribution is -2.50. The molecular formula is C23H29N7O3. The number of imidazole rings is 1. The number of rotatable bonds is 4. The van der Waals surface area contributed by atoms with E-state index >= 15 is 0 Å². The summed E-state index contributed by atoms with van der Waals surface area (Å²) in [7, 11) is 0. The highest BCUT2D eigenvalue weighted by Gasteiger charge is 2.27. The van der Waals surface area contributed by atoms with Crippen molar-refractivity contribution in [2.24, 2.45) is 0 Å². The van der Waals surface area contributed by atoms with E-state index in [4.69, 9.17) is 14.5 Å². The predicted molar refractivity (Wildman–Crippen MR) is 122 cm³/mol. The van der Waals surface area contributed by atoms with Crippen molar-refractivity contribution in [1.29, 1.82) is 0 Å². The highest BCUT2D eigenvalue weighted by atomic mass is 16.5. The van der Waals surface area contributed by atoms with Crippen LogP contribution in [0.1, 0.15) is 46.9 Å². The number of pyridine rings is 1. The summed E-state index contributed by atoms with van der Waals surface area (Å²) in [5, 5.41) is 6.53. The van der Waals surface area contributed by atoms with Crippen LogP contribution in [0.25, 0.3) is 11.2 Å². The summed E-state index contributed by atoms with van der Waals surface area (Å²) < 4.78 is 7.17. The maximum Gasteiger partial charge on any atom is 0.256 e. The molecule has 10 nitrogen and oxygen atoms in total. The average molecular weight is 452 g/mol. The number of nitrogens with one attached hydrogen (secondary N) is 1. The van der Waals surface area contributed by atoms with Crippen LogP contribution in [0.2, 0.25) is 0 Å². The minimum atomic E-state index is -0.144. The molecule has 1 saturated heterocycles. The Hall–Kier alpha value is -3.27. The summed E-state index contributed by atoms with van der Waals surface area (Å²) >= 11 is 0. The van der Waals surface area contributed by atoms with Crippen molar-refractivity contribution in [3.05, 3.63) is 35.0 Å². The average Bonchev–Trinajstić information content (AvgIpc) is 3.26. The van der Waals surface area contributed by atoms with Crippen LogP contribution in [-0.4, -0.2) is 74.0 Å². The second-order valence-electron chi connectivity index (χ2n) is 8.91. The van der Waals surface area contributed by atoms with Crippen LogP contribution in [-0.2, 0) is 17.8 Å². The van der Waals surface area contributed by atoms with Crippen molar-refractivity contribution in [2.75, 3.05) is 38.0 Å². The van der Waals surface area contributed by atoms with Gasteiger partial charge in [-0.3, -0.25) is 14.5 Å². The molecule has 3 aromatic rings. The number of hydrogen-bond acceptors (Lipinski definition) is 7. The summed E-state index contributed by atoms with van der Waals surface area (Å²) in [4.78, 5) is 39.2. The largest absolute Gasteiger partial charge is 0.360 e. The predicted octanol–water partition coefficient (Wildman–Crippen LogP) is 2.16. The van der Waals surface area contributed by atoms with Crippen LogP contribution in [0.15, 0.2) is 16.7 Å². The quantitative estimate of drug-likeness (QED) is 0.647. The third-order valence-electron chi connectivity index (χ3n) is 6.35. The van der Waals surface area contributed by atoms with Crippen LogP contribution < -0.4 is 5.32 Å². The van der Waals surface area contributed by atoms with Gasteiger partial charge in [0.25, 0.3) is 5.91 Å². The fraction of sp³-hybridized carbons (Fsp3) is 0.522. The van der Waals surface area contributed by atoms with Crippen molar-refractivity contribution >= 4 is 28.8 Å². The van der Waals surface area contributed by atoms with Crippen LogP contribution >= 0.6 is 0 Å². The van der Waals surface area contributed by atoms with Crippen LogP contribution in [0, 0.1) is 13.8 Å². The SMILES string of the molecule is Cc1cc(C(=O)N2CCN(CC(=O)Nc3cc(C)on3)CC2)c2nc3n(c2n1)CCCCC3. The van der Waals surface area contributed by atoms with E-state index in [-0.39, 0.29) is 18.4 Å². The first-order valence-electron chi connectivity index (χ1n) is 11.6. The fourth-order valence-corrected chi connectivity index (χ4v) is 4.67. The molecule has 0 aromatic carbocycles. The minimum absolute atomic E-state index is 0.0130. The molecule has 1 fully saturated rings. The highest BCUT2D eigenvalue weighted by molar-refractivity contribution is 6.04. The zero-order valence-electron chi connectivity index (χ0n) is 19.1. The highest BCUT2D eigenvalue weighted by Crippen LogP contribution is 2.25. The van der Waals surface area contributed by atoms with Gasteiger partial charge in [-0.15, -0.1) is 0 Å². The molecule has 0 atom stereocenters. The third-order valence-corrected chi connectivity index (χ3v) is 6.35. The van der Waals surface area contributed by atoms with Crippen LogP contribution in [0.4, 0.5) is 5.82 Å². The molecule has 10 heteroatoms. The lowest BCUT2D eigenvalue weighted by molar-refractivity contribution is -0.117. The normalized spacial score (nSPS) is 17.1. The van der Waals surface area contributed by atoms with E-state index in [9.17, 15) is 9.59 Å². The second kappa shape index (κ2) is 8.93. The Morgan fingerprint density at radius 3 is 2.61 bits per heavy atom. The van der Waals surface area contributed by atoms with Crippen LogP contribution in [0.5, 0.6) is 0 Å². The number of carbonyl (C=O) groups excluding carboxylic acids is 2. The van der Waals surface area contributed by atoms with Gasteiger partial charge in [0.05, 0.1) is 12.1 Å². The maximum absolute atomic E-state index is 13.5. The number of fused-ring (bicyclic) bond motifs is 3. The molecule has 0 unspecified atom stereocenters. The lowest BCUT2D eigenvalue weighted by Gasteiger charge is -2.34. The molecular weight excluding hydrogens is 422 g/mol. The van der Waals surface area contributed by atoms with Crippen LogP contribution in [0.3, 0.4) is 0 Å². The number of aromatic nitrogens is 4. The number of piperazine rings is 1. The van der Waals surface area contributed by atoms with Gasteiger partial charge in [0.1, 0.15) is 17.1 Å². The van der Waals surface area contributed by atoms with Crippen molar-refractivity contribution in [3.63, 3.8) is 0 Å². The topological polar surface area (TPSA) is 109 Å². The molecule has 0 saturated carbocycles. The molecule has 33 heavy (non-hydrogen) atoms. The molecule has 0 bridgehead atoms. The van der Waals surface area contributed by atoms with E-state index in [0.717, 1.165) is 43.0 Å². The van der Waals surface area contributed by atoms with E-state index < -0.39 is 0 Å². The maximum atomic E-state index is 13.5. The fourth-order valence-electron chi connectivity index (χ4n) is 4.67. The number of anilines is 1. The van der Waals surface area contributed by atoms with Gasteiger partial charge in [-0.2, -0.15) is 0 Å². The van der Waals surface area contributed by atoms with E-state index in [2.05, 4.69) is 15.0 Å². The molecule has 2 aliphatic rings. The van der Waals surface area contributed by atoms with Crippen molar-refractivity contribution in [3.8, 4) is 0 Å². The van der Waals surface area contributed by atoms with E-state index in [1.165, 1.54) is 6.42 Å². The van der Waals surface area contributed by atoms with E-state index in [1.54, 1.807) is 13.0 Å². The Balaban J connectivity index is 1.26. The van der Waals surface area contributed by atoms with Gasteiger partial charge in [0.2, 0.25) is 5.91 Å². The molecule has 2 aliphatic heterocycles. The Kier molecular flexibility index (Phi) is 5.84. The summed E-state index contributed by atoms with van der Waals surface area (Å²) in [6.45, 7) is 7.24. The Labute approximate surface area is 191 Å². The smallest absolute Gasteiger partial charge is 0.256 e. The Morgan fingerprint density at radius 1 is 1.03 bits per heavy atom. The van der Waals surface area contributed by atoms with Gasteiger partial charge >= 0.3 is 0 Å². The Morgan fingerprint density at radius 2 is 1.85 bits per heavy atom.